The highest BCUT2D eigenvalue weighted by Gasteiger charge is 2.16. The summed E-state index contributed by atoms with van der Waals surface area (Å²) >= 11 is 6.92. The molecule has 0 aliphatic heterocycles. The number of thiophene rings is 1. The van der Waals surface area contributed by atoms with Gasteiger partial charge in [-0.05, 0) is 31.1 Å². The van der Waals surface area contributed by atoms with Crippen molar-refractivity contribution >= 4 is 39.6 Å². The first-order valence-electron chi connectivity index (χ1n) is 10.4. The van der Waals surface area contributed by atoms with Crippen LogP contribution in [0.2, 0.25) is 0 Å². The minimum absolute atomic E-state index is 0.328. The Morgan fingerprint density at radius 2 is 1.63 bits per heavy atom. The van der Waals surface area contributed by atoms with Crippen LogP contribution in [0.1, 0.15) is 93.3 Å². The van der Waals surface area contributed by atoms with E-state index >= 15 is 0 Å². The van der Waals surface area contributed by atoms with Crippen molar-refractivity contribution in [3.8, 4) is 0 Å². The third kappa shape index (κ3) is 10.1. The Morgan fingerprint density at radius 1 is 1.04 bits per heavy atom. The molecular weight excluding hydrogens is 376 g/mol. The molecule has 0 aliphatic carbocycles. The quantitative estimate of drug-likeness (QED) is 0.213. The molecule has 0 atom stereocenters. The van der Waals surface area contributed by atoms with E-state index in [1.54, 1.807) is 11.3 Å². The van der Waals surface area contributed by atoms with Gasteiger partial charge in [0.05, 0.1) is 12.7 Å². The fourth-order valence-electron chi connectivity index (χ4n) is 2.93. The molecule has 1 aromatic heterocycles. The molecule has 154 valence electrons. The molecule has 2 N–H and O–H groups in total. The van der Waals surface area contributed by atoms with Gasteiger partial charge in [0.25, 0.3) is 0 Å². The van der Waals surface area contributed by atoms with Crippen molar-refractivity contribution in [3.05, 3.63) is 16.5 Å². The van der Waals surface area contributed by atoms with Gasteiger partial charge in [-0.15, -0.1) is 11.3 Å². The summed E-state index contributed by atoms with van der Waals surface area (Å²) in [5.74, 6) is -0.328. The minimum Gasteiger partial charge on any atom is -0.465 e. The van der Waals surface area contributed by atoms with E-state index in [1.165, 1.54) is 64.9 Å². The van der Waals surface area contributed by atoms with Gasteiger partial charge >= 0.3 is 5.97 Å². The molecule has 0 fully saturated rings. The molecule has 0 aromatic carbocycles. The van der Waals surface area contributed by atoms with E-state index in [1.807, 2.05) is 6.07 Å². The largest absolute Gasteiger partial charge is 0.465 e. The lowest BCUT2D eigenvalue weighted by atomic mass is 10.1. The smallest absolute Gasteiger partial charge is 0.340 e. The molecule has 1 heterocycles. The maximum Gasteiger partial charge on any atom is 0.340 e. The summed E-state index contributed by atoms with van der Waals surface area (Å²) in [4.78, 5) is 13.0. The Labute approximate surface area is 174 Å². The molecule has 1 rings (SSSR count). The second-order valence-corrected chi connectivity index (χ2v) is 8.41. The number of esters is 1. The summed E-state index contributed by atoms with van der Waals surface area (Å²) in [6, 6.07) is 1.88. The average Bonchev–Trinajstić information content (AvgIpc) is 3.08. The van der Waals surface area contributed by atoms with Crippen LogP contribution >= 0.6 is 23.6 Å². The predicted molar refractivity (Wildman–Crippen MR) is 121 cm³/mol. The number of ether oxygens (including phenoxy) is 1. The van der Waals surface area contributed by atoms with Crippen LogP contribution in [-0.2, 0) is 11.2 Å². The lowest BCUT2D eigenvalue weighted by molar-refractivity contribution is 0.0602. The van der Waals surface area contributed by atoms with Crippen LogP contribution in [0.4, 0.5) is 5.00 Å². The van der Waals surface area contributed by atoms with Crippen LogP contribution in [0.25, 0.3) is 0 Å². The first-order chi connectivity index (χ1) is 13.1. The van der Waals surface area contributed by atoms with Crippen molar-refractivity contribution in [3.63, 3.8) is 0 Å². The van der Waals surface area contributed by atoms with Crippen LogP contribution in [0.5, 0.6) is 0 Å². The maximum absolute atomic E-state index is 11.9. The number of nitrogens with one attached hydrogen (secondary N) is 2. The second-order valence-electron chi connectivity index (χ2n) is 6.86. The standard InChI is InChI=1S/C21H36N2O2S2/c1-4-6-7-8-9-10-11-12-13-14-15-22-21(26)23-19-18(20(24)25-3)16-17(5-2)27-19/h16H,4-15H2,1-3H3,(H2,22,23,26). The van der Waals surface area contributed by atoms with Gasteiger partial charge in [0.15, 0.2) is 5.11 Å². The molecular formula is C21H36N2O2S2. The van der Waals surface area contributed by atoms with Gasteiger partial charge in [-0.2, -0.15) is 0 Å². The maximum atomic E-state index is 11.9. The molecule has 6 heteroatoms. The Kier molecular flexibility index (Phi) is 13.2. The highest BCUT2D eigenvalue weighted by molar-refractivity contribution is 7.80. The number of anilines is 1. The molecule has 1 aromatic rings. The first kappa shape index (κ1) is 23.9. The zero-order valence-corrected chi connectivity index (χ0v) is 18.8. The molecule has 4 nitrogen and oxygen atoms in total. The molecule has 0 spiro atoms. The number of carbonyl (C=O) groups excluding carboxylic acids is 1. The summed E-state index contributed by atoms with van der Waals surface area (Å²) in [6.45, 7) is 5.19. The lowest BCUT2D eigenvalue weighted by Crippen LogP contribution is -2.29. The van der Waals surface area contributed by atoms with Gasteiger partial charge in [-0.3, -0.25) is 0 Å². The van der Waals surface area contributed by atoms with Gasteiger partial charge in [0.1, 0.15) is 5.00 Å². The highest BCUT2D eigenvalue weighted by atomic mass is 32.1. The summed E-state index contributed by atoms with van der Waals surface area (Å²) < 4.78 is 4.85. The van der Waals surface area contributed by atoms with E-state index in [0.29, 0.717) is 10.7 Å². The SMILES string of the molecule is CCCCCCCCCCCCNC(=S)Nc1sc(CC)cc1C(=O)OC. The number of unbranched alkanes of at least 4 members (excludes halogenated alkanes) is 9. The number of methoxy groups -OCH3 is 1. The van der Waals surface area contributed by atoms with Gasteiger partial charge in [-0.1, -0.05) is 71.6 Å². The molecule has 0 aliphatic rings. The Bertz CT molecular complexity index is 558. The average molecular weight is 413 g/mol. The van der Waals surface area contributed by atoms with Gasteiger partial charge in [-0.25, -0.2) is 4.79 Å². The predicted octanol–water partition coefficient (Wildman–Crippen LogP) is 6.30. The first-order valence-corrected chi connectivity index (χ1v) is 11.6. The number of carbonyl (C=O) groups is 1. The fraction of sp³-hybridized carbons (Fsp3) is 0.714. The minimum atomic E-state index is -0.328. The number of hydrogen-bond acceptors (Lipinski definition) is 4. The zero-order valence-electron chi connectivity index (χ0n) is 17.2. The van der Waals surface area contributed by atoms with E-state index < -0.39 is 0 Å². The zero-order chi connectivity index (χ0) is 19.9. The summed E-state index contributed by atoms with van der Waals surface area (Å²) in [5.41, 5.74) is 0.558. The van der Waals surface area contributed by atoms with Crippen molar-refractivity contribution in [2.24, 2.45) is 0 Å². The second kappa shape index (κ2) is 14.9. The van der Waals surface area contributed by atoms with E-state index in [4.69, 9.17) is 17.0 Å². The van der Waals surface area contributed by atoms with E-state index in [-0.39, 0.29) is 5.97 Å². The Morgan fingerprint density at radius 3 is 2.19 bits per heavy atom. The normalized spacial score (nSPS) is 10.6. The van der Waals surface area contributed by atoms with Crippen LogP contribution in [0.15, 0.2) is 6.07 Å². The molecule has 0 bridgehead atoms. The van der Waals surface area contributed by atoms with Crippen molar-refractivity contribution in [1.82, 2.24) is 5.32 Å². The molecule has 0 radical (unpaired) electrons. The number of thiocarbonyl (C=S) groups is 1. The van der Waals surface area contributed by atoms with Crippen molar-refractivity contribution in [1.29, 1.82) is 0 Å². The number of aryl methyl sites for hydroxylation is 1. The monoisotopic (exact) mass is 412 g/mol. The van der Waals surface area contributed by atoms with Crippen LogP contribution in [0, 0.1) is 0 Å². The summed E-state index contributed by atoms with van der Waals surface area (Å²) in [6.07, 6.45) is 14.1. The summed E-state index contributed by atoms with van der Waals surface area (Å²) in [5, 5.41) is 7.73. The third-order valence-electron chi connectivity index (χ3n) is 4.58. The number of rotatable bonds is 14. The van der Waals surface area contributed by atoms with Gasteiger partial charge < -0.3 is 15.4 Å². The van der Waals surface area contributed by atoms with Crippen molar-refractivity contribution in [2.45, 2.75) is 84.5 Å². The molecule has 0 saturated carbocycles. The van der Waals surface area contributed by atoms with Crippen molar-refractivity contribution in [2.75, 3.05) is 19.0 Å². The Hall–Kier alpha value is -1.14. The van der Waals surface area contributed by atoms with Gasteiger partial charge in [0.2, 0.25) is 0 Å². The van der Waals surface area contributed by atoms with Crippen LogP contribution in [0.3, 0.4) is 0 Å². The highest BCUT2D eigenvalue weighted by Crippen LogP contribution is 2.29. The number of hydrogen-bond donors (Lipinski definition) is 2. The Balaban J connectivity index is 2.16. The van der Waals surface area contributed by atoms with E-state index in [2.05, 4.69) is 24.5 Å². The molecule has 0 saturated heterocycles. The molecule has 0 unspecified atom stereocenters. The fourth-order valence-corrected chi connectivity index (χ4v) is 4.19. The topological polar surface area (TPSA) is 50.4 Å². The van der Waals surface area contributed by atoms with E-state index in [9.17, 15) is 4.79 Å². The molecule has 0 amide bonds. The van der Waals surface area contributed by atoms with Crippen LogP contribution < -0.4 is 10.6 Å². The third-order valence-corrected chi connectivity index (χ3v) is 6.02. The lowest BCUT2D eigenvalue weighted by Gasteiger charge is -2.10. The summed E-state index contributed by atoms with van der Waals surface area (Å²) in [7, 11) is 1.40. The van der Waals surface area contributed by atoms with Gasteiger partial charge in [0, 0.05) is 11.4 Å². The molecule has 27 heavy (non-hydrogen) atoms. The van der Waals surface area contributed by atoms with Crippen LogP contribution in [-0.4, -0.2) is 24.7 Å². The van der Waals surface area contributed by atoms with Crippen molar-refractivity contribution < 1.29 is 9.53 Å². The van der Waals surface area contributed by atoms with E-state index in [0.717, 1.165) is 29.3 Å².